The van der Waals surface area contributed by atoms with Gasteiger partial charge in [-0.15, -0.1) is 0 Å². The molecule has 1 amide bonds. The van der Waals surface area contributed by atoms with Crippen LogP contribution in [0.2, 0.25) is 0 Å². The van der Waals surface area contributed by atoms with Gasteiger partial charge in [0, 0.05) is 18.2 Å². The number of aromatic hydroxyl groups is 1. The number of aliphatic carboxylic acids is 1. The van der Waals surface area contributed by atoms with Gasteiger partial charge in [0.1, 0.15) is 23.3 Å². The van der Waals surface area contributed by atoms with Gasteiger partial charge in [-0.05, 0) is 60.7 Å². The molecule has 0 spiro atoms. The van der Waals surface area contributed by atoms with E-state index in [1.54, 1.807) is 37.4 Å². The molecule has 0 unspecified atom stereocenters. The third kappa shape index (κ3) is 5.15. The normalized spacial score (nSPS) is 11.9. The third-order valence-electron chi connectivity index (χ3n) is 5.62. The van der Waals surface area contributed by atoms with Crippen LogP contribution in [0.5, 0.6) is 5.75 Å². The van der Waals surface area contributed by atoms with E-state index in [9.17, 15) is 24.6 Å². The molecule has 2 aromatic carbocycles. The molecule has 2 heterocycles. The second-order valence-electron chi connectivity index (χ2n) is 8.12. The maximum Gasteiger partial charge on any atom is 0.326 e. The molecule has 5 N–H and O–H groups in total. The number of hydrogen-bond acceptors (Lipinski definition) is 5. The van der Waals surface area contributed by atoms with Gasteiger partial charge in [0.25, 0.3) is 11.5 Å². The van der Waals surface area contributed by atoms with Crippen LogP contribution >= 0.6 is 0 Å². The molecule has 4 aromatic rings. The summed E-state index contributed by atoms with van der Waals surface area (Å²) in [6.07, 6.45) is 3.15. The number of nitrogens with zero attached hydrogens (tertiary/aromatic N) is 1. The van der Waals surface area contributed by atoms with Crippen LogP contribution in [-0.2, 0) is 24.1 Å². The van der Waals surface area contributed by atoms with Crippen LogP contribution in [0, 0.1) is 6.92 Å². The Morgan fingerprint density at radius 1 is 1.03 bits per heavy atom. The Labute approximate surface area is 194 Å². The average Bonchev–Trinajstić information content (AvgIpc) is 3.22. The lowest BCUT2D eigenvalue weighted by Crippen LogP contribution is -2.42. The first-order valence-corrected chi connectivity index (χ1v) is 10.8. The second kappa shape index (κ2) is 9.62. The van der Waals surface area contributed by atoms with E-state index in [-0.39, 0.29) is 17.7 Å². The van der Waals surface area contributed by atoms with E-state index in [0.29, 0.717) is 40.8 Å². The molecule has 0 fully saturated rings. The molecule has 4 rings (SSSR count). The van der Waals surface area contributed by atoms with Crippen LogP contribution in [-0.4, -0.2) is 43.1 Å². The number of carbonyl (C=O) groups is 2. The molecule has 2 aromatic heterocycles. The Morgan fingerprint density at radius 3 is 2.38 bits per heavy atom. The van der Waals surface area contributed by atoms with Crippen molar-refractivity contribution in [3.63, 3.8) is 0 Å². The molecule has 0 radical (unpaired) electrons. The smallest absolute Gasteiger partial charge is 0.326 e. The van der Waals surface area contributed by atoms with Gasteiger partial charge in [-0.25, -0.2) is 9.78 Å². The minimum absolute atomic E-state index is 0.0861. The molecule has 0 aliphatic carbocycles. The molecular weight excluding hydrogens is 436 g/mol. The number of fused-ring (bicyclic) bond motifs is 1. The molecule has 0 saturated heterocycles. The van der Waals surface area contributed by atoms with E-state index >= 15 is 0 Å². The number of nitrogens with one attached hydrogen (secondary N) is 3. The molecular formula is C25H24N4O5. The summed E-state index contributed by atoms with van der Waals surface area (Å²) >= 11 is 0. The number of benzene rings is 2. The van der Waals surface area contributed by atoms with E-state index in [0.717, 1.165) is 11.1 Å². The monoisotopic (exact) mass is 460 g/mol. The Kier molecular flexibility index (Phi) is 6.44. The van der Waals surface area contributed by atoms with E-state index in [1.165, 1.54) is 12.1 Å². The topological polar surface area (TPSA) is 148 Å². The summed E-state index contributed by atoms with van der Waals surface area (Å²) in [5, 5.41) is 22.0. The number of aromatic nitrogens is 3. The summed E-state index contributed by atoms with van der Waals surface area (Å²) in [6, 6.07) is 12.0. The predicted octanol–water partition coefficient (Wildman–Crippen LogP) is 2.48. The van der Waals surface area contributed by atoms with E-state index in [4.69, 9.17) is 0 Å². The maximum absolute atomic E-state index is 12.6. The number of H-pyrrole nitrogens is 2. The molecule has 0 aliphatic rings. The minimum Gasteiger partial charge on any atom is -0.508 e. The number of phenolic OH excluding ortho intramolecular Hbond substituents is 1. The van der Waals surface area contributed by atoms with Crippen molar-refractivity contribution in [2.24, 2.45) is 0 Å². The first kappa shape index (κ1) is 22.8. The fraction of sp³-hybridized carbons (Fsp3) is 0.200. The van der Waals surface area contributed by atoms with Gasteiger partial charge in [-0.1, -0.05) is 24.3 Å². The highest BCUT2D eigenvalue weighted by molar-refractivity contribution is 5.96. The summed E-state index contributed by atoms with van der Waals surface area (Å²) in [6.45, 7) is 1.73. The number of rotatable bonds is 8. The van der Waals surface area contributed by atoms with Gasteiger partial charge in [0.05, 0.1) is 5.39 Å². The largest absolute Gasteiger partial charge is 0.508 e. The highest BCUT2D eigenvalue weighted by Gasteiger charge is 2.21. The summed E-state index contributed by atoms with van der Waals surface area (Å²) in [5.74, 6) is -0.991. The number of amides is 1. The molecule has 9 heteroatoms. The first-order chi connectivity index (χ1) is 16.3. The maximum atomic E-state index is 12.6. The SMILES string of the molecule is Cc1nc2[nH]cc(CCc3ccc(C(=O)N[C@@H](Cc4ccc(O)cc4)C(=O)O)cc3)c2c(=O)[nH]1. The fourth-order valence-corrected chi connectivity index (χ4v) is 3.82. The molecule has 0 bridgehead atoms. The Hall–Kier alpha value is -4.40. The number of aryl methyl sites for hydroxylation is 3. The van der Waals surface area contributed by atoms with Crippen molar-refractivity contribution in [1.82, 2.24) is 20.3 Å². The zero-order valence-corrected chi connectivity index (χ0v) is 18.5. The fourth-order valence-electron chi connectivity index (χ4n) is 3.82. The van der Waals surface area contributed by atoms with Gasteiger partial charge >= 0.3 is 5.97 Å². The zero-order valence-electron chi connectivity index (χ0n) is 18.5. The highest BCUT2D eigenvalue weighted by atomic mass is 16.4. The van der Waals surface area contributed by atoms with Crippen molar-refractivity contribution in [1.29, 1.82) is 0 Å². The number of phenols is 1. The Bertz CT molecular complexity index is 1390. The van der Waals surface area contributed by atoms with E-state index < -0.39 is 17.9 Å². The Morgan fingerprint density at radius 2 is 1.71 bits per heavy atom. The second-order valence-corrected chi connectivity index (χ2v) is 8.12. The van der Waals surface area contributed by atoms with Crippen molar-refractivity contribution < 1.29 is 19.8 Å². The van der Waals surface area contributed by atoms with Gasteiger partial charge in [0.2, 0.25) is 0 Å². The number of carboxylic acid groups (broad SMARTS) is 1. The predicted molar refractivity (Wildman–Crippen MR) is 126 cm³/mol. The van der Waals surface area contributed by atoms with Crippen molar-refractivity contribution >= 4 is 22.9 Å². The molecule has 174 valence electrons. The summed E-state index contributed by atoms with van der Waals surface area (Å²) in [7, 11) is 0. The summed E-state index contributed by atoms with van der Waals surface area (Å²) in [4.78, 5) is 46.6. The number of hydrogen-bond donors (Lipinski definition) is 5. The van der Waals surface area contributed by atoms with Gasteiger partial charge in [-0.2, -0.15) is 0 Å². The lowest BCUT2D eigenvalue weighted by Gasteiger charge is -2.15. The van der Waals surface area contributed by atoms with Crippen molar-refractivity contribution in [3.8, 4) is 5.75 Å². The highest BCUT2D eigenvalue weighted by Crippen LogP contribution is 2.16. The van der Waals surface area contributed by atoms with Crippen molar-refractivity contribution in [3.05, 3.63) is 93.2 Å². The average molecular weight is 460 g/mol. The van der Waals surface area contributed by atoms with Crippen molar-refractivity contribution in [2.75, 3.05) is 0 Å². The van der Waals surface area contributed by atoms with Crippen LogP contribution < -0.4 is 10.9 Å². The number of carboxylic acids is 1. The minimum atomic E-state index is -1.14. The molecule has 1 atom stereocenters. The number of carbonyl (C=O) groups excluding carboxylic acids is 1. The zero-order chi connectivity index (χ0) is 24.2. The summed E-state index contributed by atoms with van der Waals surface area (Å²) < 4.78 is 0. The lowest BCUT2D eigenvalue weighted by atomic mass is 10.0. The van der Waals surface area contributed by atoms with E-state index in [1.807, 2.05) is 12.1 Å². The summed E-state index contributed by atoms with van der Waals surface area (Å²) in [5.41, 5.74) is 3.26. The quantitative estimate of drug-likeness (QED) is 0.273. The molecule has 0 saturated carbocycles. The van der Waals surface area contributed by atoms with Crippen LogP contribution in [0.25, 0.3) is 11.0 Å². The van der Waals surface area contributed by atoms with E-state index in [2.05, 4.69) is 20.3 Å². The standard InChI is InChI=1S/C25H24N4O5/c1-14-27-22-21(24(32)28-14)18(13-26-22)9-4-15-2-7-17(8-3-15)23(31)29-20(25(33)34)12-16-5-10-19(30)11-6-16/h2-3,5-8,10-11,13,20,30H,4,9,12H2,1H3,(H,29,31)(H,33,34)(H2,26,27,28,32)/t20-/m0/s1. The van der Waals surface area contributed by atoms with Crippen LogP contribution in [0.1, 0.15) is 32.9 Å². The van der Waals surface area contributed by atoms with Crippen LogP contribution in [0.3, 0.4) is 0 Å². The first-order valence-electron chi connectivity index (χ1n) is 10.8. The molecule has 34 heavy (non-hydrogen) atoms. The number of aromatic amines is 2. The van der Waals surface area contributed by atoms with Gasteiger partial charge in [-0.3, -0.25) is 9.59 Å². The third-order valence-corrected chi connectivity index (χ3v) is 5.62. The Balaban J connectivity index is 1.39. The molecule has 0 aliphatic heterocycles. The van der Waals surface area contributed by atoms with Crippen LogP contribution in [0.15, 0.2) is 59.5 Å². The lowest BCUT2D eigenvalue weighted by molar-refractivity contribution is -0.139. The van der Waals surface area contributed by atoms with Gasteiger partial charge < -0.3 is 25.5 Å². The van der Waals surface area contributed by atoms with Crippen molar-refractivity contribution in [2.45, 2.75) is 32.2 Å². The molecule has 9 nitrogen and oxygen atoms in total. The van der Waals surface area contributed by atoms with Gasteiger partial charge in [0.15, 0.2) is 0 Å². The van der Waals surface area contributed by atoms with Crippen LogP contribution in [0.4, 0.5) is 0 Å².